The van der Waals surface area contributed by atoms with Crippen LogP contribution in [0.1, 0.15) is 44.2 Å². The molecule has 1 aromatic heterocycles. The van der Waals surface area contributed by atoms with Crippen LogP contribution in [0.2, 0.25) is 5.15 Å². The number of carbonyl (C=O) groups excluding carboxylic acids is 1. The monoisotopic (exact) mass is 374 g/mol. The van der Waals surface area contributed by atoms with E-state index in [-0.39, 0.29) is 6.42 Å². The molecule has 21 heavy (non-hydrogen) atoms. The quantitative estimate of drug-likeness (QED) is 0.684. The average Bonchev–Trinajstić information content (AvgIpc) is 2.44. The van der Waals surface area contributed by atoms with E-state index in [9.17, 15) is 9.90 Å². The molecule has 0 atom stereocenters. The summed E-state index contributed by atoms with van der Waals surface area (Å²) in [5.41, 5.74) is 0.995. The molecule has 0 spiro atoms. The largest absolute Gasteiger partial charge is 0.550 e. The number of carboxylic acids is 1. The van der Waals surface area contributed by atoms with Crippen LogP contribution >= 0.6 is 27.5 Å². The summed E-state index contributed by atoms with van der Waals surface area (Å²) in [7, 11) is 0. The number of unbranched alkanes of at least 4 members (excludes halogenated alkanes) is 3. The maximum atomic E-state index is 10.3. The molecule has 5 nitrogen and oxygen atoms in total. The van der Waals surface area contributed by atoms with Crippen LogP contribution in [0.25, 0.3) is 0 Å². The maximum Gasteiger partial charge on any atom is 0.164 e. The number of fused-ring (bicyclic) bond motifs is 1. The lowest BCUT2D eigenvalue weighted by molar-refractivity contribution is -0.305. The van der Waals surface area contributed by atoms with Gasteiger partial charge >= 0.3 is 0 Å². The van der Waals surface area contributed by atoms with Gasteiger partial charge in [-0.1, -0.05) is 24.4 Å². The fraction of sp³-hybridized carbons (Fsp3) is 0.643. The Morgan fingerprint density at radius 3 is 2.81 bits per heavy atom. The van der Waals surface area contributed by atoms with Gasteiger partial charge in [-0.25, -0.2) is 9.97 Å². The first kappa shape index (κ1) is 16.5. The van der Waals surface area contributed by atoms with Gasteiger partial charge in [0.1, 0.15) is 4.60 Å². The minimum atomic E-state index is -0.963. The Balaban J connectivity index is 1.83. The molecule has 0 amide bonds. The van der Waals surface area contributed by atoms with Crippen molar-refractivity contribution in [3.8, 4) is 0 Å². The highest BCUT2D eigenvalue weighted by Crippen LogP contribution is 2.29. The van der Waals surface area contributed by atoms with Crippen molar-refractivity contribution in [2.75, 3.05) is 18.0 Å². The van der Waals surface area contributed by atoms with Crippen molar-refractivity contribution in [3.63, 3.8) is 0 Å². The molecule has 2 rings (SSSR count). The van der Waals surface area contributed by atoms with Gasteiger partial charge in [-0.2, -0.15) is 0 Å². The third kappa shape index (κ3) is 4.81. The molecule has 0 N–H and O–H groups in total. The highest BCUT2D eigenvalue weighted by molar-refractivity contribution is 9.10. The minimum absolute atomic E-state index is 0.154. The number of halogens is 2. The first-order chi connectivity index (χ1) is 10.1. The lowest BCUT2D eigenvalue weighted by Crippen LogP contribution is -2.32. The van der Waals surface area contributed by atoms with E-state index < -0.39 is 5.97 Å². The Kier molecular flexibility index (Phi) is 6.23. The number of aliphatic carboxylic acids is 1. The van der Waals surface area contributed by atoms with Gasteiger partial charge in [-0.15, -0.1) is 0 Å². The molecule has 0 unspecified atom stereocenters. The van der Waals surface area contributed by atoms with Crippen molar-refractivity contribution in [1.82, 2.24) is 9.97 Å². The highest BCUT2D eigenvalue weighted by Gasteiger charge is 2.21. The molecule has 1 aromatic rings. The molecule has 0 saturated carbocycles. The highest BCUT2D eigenvalue weighted by atomic mass is 79.9. The van der Waals surface area contributed by atoms with Crippen LogP contribution in [-0.4, -0.2) is 29.0 Å². The van der Waals surface area contributed by atoms with Gasteiger partial charge in [-0.05, 0) is 48.0 Å². The Morgan fingerprint density at radius 2 is 2.05 bits per heavy atom. The summed E-state index contributed by atoms with van der Waals surface area (Å²) >= 11 is 9.34. The number of anilines is 1. The smallest absolute Gasteiger partial charge is 0.164 e. The van der Waals surface area contributed by atoms with E-state index in [1.165, 1.54) is 0 Å². The van der Waals surface area contributed by atoms with Crippen molar-refractivity contribution >= 4 is 39.3 Å². The molecule has 0 aromatic carbocycles. The standard InChI is InChI=1S/C14H19BrClN3O2/c15-12-13(16)18-14-10(17-12)6-5-9-19(14)8-4-2-1-3-7-11(20)21/h1-9H2,(H,20,21)/p-1. The summed E-state index contributed by atoms with van der Waals surface area (Å²) in [6.07, 6.45) is 5.79. The number of carbonyl (C=O) groups is 1. The molecule has 1 aliphatic heterocycles. The van der Waals surface area contributed by atoms with E-state index >= 15 is 0 Å². The van der Waals surface area contributed by atoms with Gasteiger partial charge in [0.25, 0.3) is 0 Å². The fourth-order valence-electron chi connectivity index (χ4n) is 2.53. The number of hydrogen-bond donors (Lipinski definition) is 0. The van der Waals surface area contributed by atoms with Crippen LogP contribution in [0.5, 0.6) is 0 Å². The number of aromatic nitrogens is 2. The lowest BCUT2D eigenvalue weighted by Gasteiger charge is -2.29. The van der Waals surface area contributed by atoms with Gasteiger partial charge in [0.15, 0.2) is 11.0 Å². The Labute approximate surface area is 137 Å². The molecule has 0 saturated heterocycles. The first-order valence-electron chi connectivity index (χ1n) is 7.24. The molecule has 2 heterocycles. The molecule has 0 aliphatic carbocycles. The van der Waals surface area contributed by atoms with Gasteiger partial charge in [0.2, 0.25) is 0 Å². The summed E-state index contributed by atoms with van der Waals surface area (Å²) in [4.78, 5) is 21.4. The summed E-state index contributed by atoms with van der Waals surface area (Å²) < 4.78 is 0.604. The molecular formula is C14H18BrClN3O2-. The number of carboxylic acid groups (broad SMARTS) is 1. The zero-order valence-corrected chi connectivity index (χ0v) is 14.1. The van der Waals surface area contributed by atoms with Crippen LogP contribution in [0.4, 0.5) is 5.82 Å². The number of aryl methyl sites for hydroxylation is 1. The second kappa shape index (κ2) is 7.94. The fourth-order valence-corrected chi connectivity index (χ4v) is 2.95. The summed E-state index contributed by atoms with van der Waals surface area (Å²) in [5.74, 6) is -0.0698. The van der Waals surface area contributed by atoms with Gasteiger partial charge in [-0.3, -0.25) is 0 Å². The van der Waals surface area contributed by atoms with Crippen LogP contribution in [0.3, 0.4) is 0 Å². The van der Waals surface area contributed by atoms with Crippen LogP contribution < -0.4 is 10.0 Å². The predicted molar refractivity (Wildman–Crippen MR) is 83.4 cm³/mol. The van der Waals surface area contributed by atoms with E-state index in [1.54, 1.807) is 0 Å². The lowest BCUT2D eigenvalue weighted by atomic mass is 10.1. The Morgan fingerprint density at radius 1 is 1.29 bits per heavy atom. The predicted octanol–water partition coefficient (Wildman–Crippen LogP) is 2.35. The molecular weight excluding hydrogens is 358 g/mol. The Bertz CT molecular complexity index is 513. The number of nitrogens with zero attached hydrogens (tertiary/aromatic N) is 3. The zero-order chi connectivity index (χ0) is 15.2. The normalized spacial score (nSPS) is 14.1. The second-order valence-corrected chi connectivity index (χ2v) is 6.31. The average molecular weight is 376 g/mol. The molecule has 0 bridgehead atoms. The van der Waals surface area contributed by atoms with E-state index in [0.717, 1.165) is 56.7 Å². The maximum absolute atomic E-state index is 10.3. The van der Waals surface area contributed by atoms with Gasteiger partial charge in [0, 0.05) is 19.1 Å². The topological polar surface area (TPSA) is 69.2 Å². The van der Waals surface area contributed by atoms with Crippen molar-refractivity contribution in [1.29, 1.82) is 0 Å². The van der Waals surface area contributed by atoms with Crippen LogP contribution in [0.15, 0.2) is 4.60 Å². The van der Waals surface area contributed by atoms with Crippen molar-refractivity contribution in [3.05, 3.63) is 15.5 Å². The number of rotatable bonds is 7. The van der Waals surface area contributed by atoms with Gasteiger partial charge in [0.05, 0.1) is 5.69 Å². The zero-order valence-electron chi connectivity index (χ0n) is 11.8. The summed E-state index contributed by atoms with van der Waals surface area (Å²) in [6.45, 7) is 1.88. The van der Waals surface area contributed by atoms with E-state index in [2.05, 4.69) is 30.8 Å². The molecule has 0 fully saturated rings. The first-order valence-corrected chi connectivity index (χ1v) is 8.41. The third-order valence-corrected chi connectivity index (χ3v) is 4.61. The van der Waals surface area contributed by atoms with E-state index in [1.807, 2.05) is 0 Å². The van der Waals surface area contributed by atoms with E-state index in [0.29, 0.717) is 16.2 Å². The molecule has 7 heteroatoms. The minimum Gasteiger partial charge on any atom is -0.550 e. The summed E-state index contributed by atoms with van der Waals surface area (Å²) in [6, 6.07) is 0. The van der Waals surface area contributed by atoms with E-state index in [4.69, 9.17) is 11.6 Å². The van der Waals surface area contributed by atoms with Crippen molar-refractivity contribution < 1.29 is 9.90 Å². The molecule has 0 radical (unpaired) electrons. The SMILES string of the molecule is O=C([O-])CCCCCCN1CCCc2nc(Br)c(Cl)nc21. The van der Waals surface area contributed by atoms with Crippen LogP contribution in [-0.2, 0) is 11.2 Å². The van der Waals surface area contributed by atoms with Crippen molar-refractivity contribution in [2.24, 2.45) is 0 Å². The molecule has 1 aliphatic rings. The van der Waals surface area contributed by atoms with Crippen molar-refractivity contribution in [2.45, 2.75) is 44.9 Å². The summed E-state index contributed by atoms with van der Waals surface area (Å²) in [5, 5.41) is 10.7. The second-order valence-electron chi connectivity index (χ2n) is 5.20. The van der Waals surface area contributed by atoms with Gasteiger partial charge < -0.3 is 14.8 Å². The number of hydrogen-bond acceptors (Lipinski definition) is 5. The third-order valence-electron chi connectivity index (χ3n) is 3.57. The Hall–Kier alpha value is -0.880. The van der Waals surface area contributed by atoms with Crippen LogP contribution in [0, 0.1) is 0 Å². The molecule has 116 valence electrons.